The van der Waals surface area contributed by atoms with E-state index in [0.717, 1.165) is 35.8 Å². The van der Waals surface area contributed by atoms with Crippen LogP contribution in [-0.4, -0.2) is 14.3 Å². The highest BCUT2D eigenvalue weighted by Crippen LogP contribution is 2.30. The Morgan fingerprint density at radius 2 is 1.96 bits per heavy atom. The molecule has 1 heterocycles. The molecule has 0 spiro atoms. The fourth-order valence-corrected chi connectivity index (χ4v) is 4.43. The van der Waals surface area contributed by atoms with Crippen LogP contribution in [0.25, 0.3) is 0 Å². The van der Waals surface area contributed by atoms with E-state index in [1.165, 1.54) is 11.3 Å². The lowest BCUT2D eigenvalue weighted by Gasteiger charge is -2.08. The normalized spacial score (nSPS) is 13.8. The summed E-state index contributed by atoms with van der Waals surface area (Å²) in [5, 5.41) is 0. The van der Waals surface area contributed by atoms with Crippen LogP contribution in [0, 0.1) is 11.6 Å². The van der Waals surface area contributed by atoms with Gasteiger partial charge in [-0.1, -0.05) is 0 Å². The molecule has 0 aliphatic heterocycles. The fourth-order valence-electron chi connectivity index (χ4n) is 2.35. The number of aryl methyl sites for hydroxylation is 2. The molecule has 1 aromatic heterocycles. The number of rotatable bonds is 4. The van der Waals surface area contributed by atoms with E-state index in [0.29, 0.717) is 17.0 Å². The van der Waals surface area contributed by atoms with Crippen molar-refractivity contribution >= 4 is 27.3 Å². The summed E-state index contributed by atoms with van der Waals surface area (Å²) in [6.45, 7) is 0. The molecule has 1 aromatic carbocycles. The summed E-state index contributed by atoms with van der Waals surface area (Å²) in [7, 11) is -4.40. The van der Waals surface area contributed by atoms with E-state index in [-0.39, 0.29) is 0 Å². The van der Waals surface area contributed by atoms with Gasteiger partial charge in [0.1, 0.15) is 16.5 Å². The number of hydrogen-bond donors (Lipinski definition) is 2. The standard InChI is InChI=1S/C14H12F2N2O3S2/c15-9-4-5-10(16)13(7-9)23(20,21)18-17-14(19)12-6-8-2-1-3-11(8)22-12/h4-7,18H,1-3H2,(H,17,19). The molecule has 0 saturated heterocycles. The number of thiophene rings is 1. The van der Waals surface area contributed by atoms with Crippen molar-refractivity contribution in [2.75, 3.05) is 0 Å². The maximum Gasteiger partial charge on any atom is 0.276 e. The monoisotopic (exact) mass is 358 g/mol. The third-order valence-electron chi connectivity index (χ3n) is 3.45. The summed E-state index contributed by atoms with van der Waals surface area (Å²) >= 11 is 1.30. The largest absolute Gasteiger partial charge is 0.276 e. The van der Waals surface area contributed by atoms with Crippen LogP contribution >= 0.6 is 11.3 Å². The van der Waals surface area contributed by atoms with Crippen LogP contribution in [0.1, 0.15) is 26.5 Å². The van der Waals surface area contributed by atoms with Crippen LogP contribution in [0.5, 0.6) is 0 Å². The molecule has 122 valence electrons. The highest BCUT2D eigenvalue weighted by Gasteiger charge is 2.23. The van der Waals surface area contributed by atoms with E-state index in [1.807, 2.05) is 5.43 Å². The third-order valence-corrected chi connectivity index (χ3v) is 5.95. The summed E-state index contributed by atoms with van der Waals surface area (Å²) in [5.41, 5.74) is 3.11. The fraction of sp³-hybridized carbons (Fsp3) is 0.214. The minimum absolute atomic E-state index is 0.372. The minimum Gasteiger partial charge on any atom is -0.273 e. The SMILES string of the molecule is O=C(NNS(=O)(=O)c1cc(F)ccc1F)c1cc2c(s1)CCC2. The predicted molar refractivity (Wildman–Crippen MR) is 80.5 cm³/mol. The van der Waals surface area contributed by atoms with E-state index < -0.39 is 32.5 Å². The highest BCUT2D eigenvalue weighted by atomic mass is 32.2. The van der Waals surface area contributed by atoms with Crippen molar-refractivity contribution in [2.45, 2.75) is 24.2 Å². The number of amides is 1. The van der Waals surface area contributed by atoms with Gasteiger partial charge in [-0.25, -0.2) is 17.2 Å². The number of carbonyl (C=O) groups excluding carboxylic acids is 1. The molecule has 2 N–H and O–H groups in total. The zero-order valence-corrected chi connectivity index (χ0v) is 13.4. The second-order valence-electron chi connectivity index (χ2n) is 5.05. The van der Waals surface area contributed by atoms with Gasteiger partial charge >= 0.3 is 0 Å². The van der Waals surface area contributed by atoms with Crippen molar-refractivity contribution in [2.24, 2.45) is 0 Å². The molecular weight excluding hydrogens is 346 g/mol. The Kier molecular flexibility index (Phi) is 4.17. The van der Waals surface area contributed by atoms with Gasteiger partial charge in [-0.2, -0.15) is 0 Å². The molecule has 0 atom stereocenters. The maximum atomic E-state index is 13.5. The van der Waals surface area contributed by atoms with Crippen molar-refractivity contribution in [3.8, 4) is 0 Å². The molecule has 0 saturated carbocycles. The summed E-state index contributed by atoms with van der Waals surface area (Å²) in [4.78, 5) is 14.4. The van der Waals surface area contributed by atoms with E-state index in [2.05, 4.69) is 0 Å². The first kappa shape index (κ1) is 16.0. The van der Waals surface area contributed by atoms with Gasteiger partial charge in [0, 0.05) is 4.88 Å². The van der Waals surface area contributed by atoms with Crippen molar-refractivity contribution in [3.05, 3.63) is 51.2 Å². The number of hydrogen-bond acceptors (Lipinski definition) is 4. The van der Waals surface area contributed by atoms with Gasteiger partial charge in [-0.15, -0.1) is 16.2 Å². The third kappa shape index (κ3) is 3.26. The molecule has 1 amide bonds. The Morgan fingerprint density at radius 3 is 2.70 bits per heavy atom. The second kappa shape index (κ2) is 5.99. The Balaban J connectivity index is 1.73. The van der Waals surface area contributed by atoms with E-state index in [1.54, 1.807) is 10.9 Å². The lowest BCUT2D eigenvalue weighted by molar-refractivity contribution is 0.0949. The van der Waals surface area contributed by atoms with Crippen LogP contribution in [0.15, 0.2) is 29.2 Å². The average Bonchev–Trinajstić information content (AvgIpc) is 3.08. The Labute approximate surface area is 135 Å². The molecule has 0 fully saturated rings. The van der Waals surface area contributed by atoms with Crippen molar-refractivity contribution in [1.82, 2.24) is 10.3 Å². The Bertz CT molecular complexity index is 857. The number of sulfonamides is 1. The topological polar surface area (TPSA) is 75.3 Å². The van der Waals surface area contributed by atoms with Crippen LogP contribution in [-0.2, 0) is 22.9 Å². The molecule has 1 aliphatic carbocycles. The van der Waals surface area contributed by atoms with Gasteiger partial charge in [0.05, 0.1) is 4.88 Å². The molecule has 2 aromatic rings. The Morgan fingerprint density at radius 1 is 1.17 bits per heavy atom. The molecule has 23 heavy (non-hydrogen) atoms. The molecule has 5 nitrogen and oxygen atoms in total. The first-order valence-electron chi connectivity index (χ1n) is 6.75. The zero-order valence-electron chi connectivity index (χ0n) is 11.7. The smallest absolute Gasteiger partial charge is 0.273 e. The molecular formula is C14H12F2N2O3S2. The summed E-state index contributed by atoms with van der Waals surface area (Å²) < 4.78 is 50.5. The lowest BCUT2D eigenvalue weighted by Crippen LogP contribution is -2.41. The number of benzene rings is 1. The number of carbonyl (C=O) groups is 1. The number of nitrogens with one attached hydrogen (secondary N) is 2. The van der Waals surface area contributed by atoms with Crippen molar-refractivity contribution in [1.29, 1.82) is 0 Å². The van der Waals surface area contributed by atoms with Gasteiger partial charge in [0.2, 0.25) is 0 Å². The minimum atomic E-state index is -4.40. The molecule has 3 rings (SSSR count). The van der Waals surface area contributed by atoms with Crippen LogP contribution < -0.4 is 10.3 Å². The van der Waals surface area contributed by atoms with Crippen LogP contribution in [0.2, 0.25) is 0 Å². The van der Waals surface area contributed by atoms with E-state index in [9.17, 15) is 22.0 Å². The van der Waals surface area contributed by atoms with Gasteiger partial charge in [-0.3, -0.25) is 10.2 Å². The van der Waals surface area contributed by atoms with Crippen molar-refractivity contribution < 1.29 is 22.0 Å². The molecule has 9 heteroatoms. The van der Waals surface area contributed by atoms with Gasteiger partial charge < -0.3 is 0 Å². The number of halogens is 2. The molecule has 1 aliphatic rings. The van der Waals surface area contributed by atoms with E-state index >= 15 is 0 Å². The number of hydrazine groups is 1. The average molecular weight is 358 g/mol. The Hall–Kier alpha value is -1.84. The first-order valence-corrected chi connectivity index (χ1v) is 9.05. The van der Waals surface area contributed by atoms with E-state index in [4.69, 9.17) is 0 Å². The number of fused-ring (bicyclic) bond motifs is 1. The summed E-state index contributed by atoms with van der Waals surface area (Å²) in [6.07, 6.45) is 2.86. The summed E-state index contributed by atoms with van der Waals surface area (Å²) in [6, 6.07) is 3.78. The maximum absolute atomic E-state index is 13.5. The molecule has 0 radical (unpaired) electrons. The molecule has 0 unspecified atom stereocenters. The quantitative estimate of drug-likeness (QED) is 0.823. The zero-order chi connectivity index (χ0) is 16.6. The second-order valence-corrected chi connectivity index (χ2v) is 7.83. The lowest BCUT2D eigenvalue weighted by atomic mass is 10.2. The van der Waals surface area contributed by atoms with Crippen LogP contribution in [0.3, 0.4) is 0 Å². The molecule has 0 bridgehead atoms. The summed E-state index contributed by atoms with van der Waals surface area (Å²) in [5.74, 6) is -2.64. The van der Waals surface area contributed by atoms with Crippen LogP contribution in [0.4, 0.5) is 8.78 Å². The first-order chi connectivity index (χ1) is 10.9. The van der Waals surface area contributed by atoms with Gasteiger partial charge in [0.25, 0.3) is 15.9 Å². The predicted octanol–water partition coefficient (Wildman–Crippen LogP) is 2.14. The van der Waals surface area contributed by atoms with Gasteiger partial charge in [0.15, 0.2) is 0 Å². The van der Waals surface area contributed by atoms with Gasteiger partial charge in [-0.05, 0) is 49.1 Å². The van der Waals surface area contributed by atoms with Crippen molar-refractivity contribution in [3.63, 3.8) is 0 Å². The highest BCUT2D eigenvalue weighted by molar-refractivity contribution is 7.89.